The van der Waals surface area contributed by atoms with E-state index in [-0.39, 0.29) is 12.0 Å². The van der Waals surface area contributed by atoms with E-state index in [9.17, 15) is 4.79 Å². The molecular formula is C14H21NO2. The van der Waals surface area contributed by atoms with Crippen LogP contribution in [0.4, 0.5) is 0 Å². The molecule has 1 N–H and O–H groups in total. The Bertz CT molecular complexity index is 344. The van der Waals surface area contributed by atoms with Gasteiger partial charge in [0, 0.05) is 12.1 Å². The van der Waals surface area contributed by atoms with Crippen molar-refractivity contribution in [3.8, 4) is 0 Å². The third-order valence-electron chi connectivity index (χ3n) is 2.34. The molecule has 0 aliphatic carbocycles. The van der Waals surface area contributed by atoms with E-state index in [0.717, 1.165) is 18.5 Å². The monoisotopic (exact) mass is 235 g/mol. The Hall–Kier alpha value is -1.35. The maximum Gasteiger partial charge on any atom is 0.251 e. The van der Waals surface area contributed by atoms with Crippen molar-refractivity contribution in [2.24, 2.45) is 0 Å². The van der Waals surface area contributed by atoms with Crippen molar-refractivity contribution in [2.45, 2.75) is 39.9 Å². The van der Waals surface area contributed by atoms with Gasteiger partial charge in [-0.25, -0.2) is 0 Å². The lowest BCUT2D eigenvalue weighted by molar-refractivity contribution is 0.0657. The van der Waals surface area contributed by atoms with Crippen molar-refractivity contribution in [1.29, 1.82) is 0 Å². The van der Waals surface area contributed by atoms with Crippen LogP contribution in [0.25, 0.3) is 0 Å². The highest BCUT2D eigenvalue weighted by atomic mass is 16.5. The molecule has 94 valence electrons. The molecular weight excluding hydrogens is 214 g/mol. The predicted molar refractivity (Wildman–Crippen MR) is 69.0 cm³/mol. The van der Waals surface area contributed by atoms with Crippen LogP contribution in [0.5, 0.6) is 0 Å². The number of ether oxygens (including phenoxy) is 1. The van der Waals surface area contributed by atoms with E-state index in [4.69, 9.17) is 4.74 Å². The molecule has 0 heterocycles. The molecule has 0 aliphatic heterocycles. The molecule has 0 fully saturated rings. The Kier molecular flexibility index (Phi) is 5.70. The van der Waals surface area contributed by atoms with Gasteiger partial charge in [-0.3, -0.25) is 4.79 Å². The first kappa shape index (κ1) is 13.7. The van der Waals surface area contributed by atoms with Gasteiger partial charge in [0.1, 0.15) is 0 Å². The Morgan fingerprint density at radius 3 is 2.47 bits per heavy atom. The summed E-state index contributed by atoms with van der Waals surface area (Å²) in [5.74, 6) is -0.0109. The fraction of sp³-hybridized carbons (Fsp3) is 0.500. The molecule has 0 saturated carbocycles. The average Bonchev–Trinajstić information content (AvgIpc) is 2.34. The van der Waals surface area contributed by atoms with Crippen LogP contribution in [-0.2, 0) is 11.3 Å². The molecule has 0 aromatic heterocycles. The van der Waals surface area contributed by atoms with E-state index in [2.05, 4.69) is 5.32 Å². The molecule has 17 heavy (non-hydrogen) atoms. The SMILES string of the molecule is CCCNC(=O)c1ccc(COC(C)C)cc1. The third-order valence-corrected chi connectivity index (χ3v) is 2.34. The van der Waals surface area contributed by atoms with E-state index in [1.807, 2.05) is 45.0 Å². The second-order valence-corrected chi connectivity index (χ2v) is 4.31. The number of carbonyl (C=O) groups excluding carboxylic acids is 1. The average molecular weight is 235 g/mol. The molecule has 0 bridgehead atoms. The molecule has 0 saturated heterocycles. The lowest BCUT2D eigenvalue weighted by Gasteiger charge is -2.08. The third kappa shape index (κ3) is 5.00. The topological polar surface area (TPSA) is 38.3 Å². The smallest absolute Gasteiger partial charge is 0.251 e. The van der Waals surface area contributed by atoms with Gasteiger partial charge in [0.2, 0.25) is 0 Å². The molecule has 0 spiro atoms. The summed E-state index contributed by atoms with van der Waals surface area (Å²) in [6, 6.07) is 7.54. The number of benzene rings is 1. The number of carbonyl (C=O) groups is 1. The maximum atomic E-state index is 11.6. The zero-order valence-corrected chi connectivity index (χ0v) is 10.8. The lowest BCUT2D eigenvalue weighted by atomic mass is 10.1. The van der Waals surface area contributed by atoms with E-state index < -0.39 is 0 Å². The number of hydrogen-bond acceptors (Lipinski definition) is 2. The Morgan fingerprint density at radius 1 is 1.29 bits per heavy atom. The Labute approximate surface area is 103 Å². The van der Waals surface area contributed by atoms with Crippen LogP contribution in [0, 0.1) is 0 Å². The van der Waals surface area contributed by atoms with E-state index in [0.29, 0.717) is 12.2 Å². The summed E-state index contributed by atoms with van der Waals surface area (Å²) in [7, 11) is 0. The Morgan fingerprint density at radius 2 is 1.94 bits per heavy atom. The molecule has 1 amide bonds. The van der Waals surface area contributed by atoms with E-state index in [1.54, 1.807) is 0 Å². The van der Waals surface area contributed by atoms with Crippen LogP contribution in [0.1, 0.15) is 43.1 Å². The predicted octanol–water partition coefficient (Wildman–Crippen LogP) is 2.75. The highest BCUT2D eigenvalue weighted by Crippen LogP contribution is 2.07. The van der Waals surface area contributed by atoms with Gasteiger partial charge in [0.15, 0.2) is 0 Å². The largest absolute Gasteiger partial charge is 0.374 e. The van der Waals surface area contributed by atoms with Gasteiger partial charge >= 0.3 is 0 Å². The van der Waals surface area contributed by atoms with Crippen molar-refractivity contribution >= 4 is 5.91 Å². The number of hydrogen-bond donors (Lipinski definition) is 1. The fourth-order valence-electron chi connectivity index (χ4n) is 1.36. The van der Waals surface area contributed by atoms with Gasteiger partial charge in [0.05, 0.1) is 12.7 Å². The minimum absolute atomic E-state index is 0.0109. The second kappa shape index (κ2) is 7.07. The van der Waals surface area contributed by atoms with Gasteiger partial charge in [0.25, 0.3) is 5.91 Å². The zero-order chi connectivity index (χ0) is 12.7. The standard InChI is InChI=1S/C14H21NO2/c1-4-9-15-14(16)13-7-5-12(6-8-13)10-17-11(2)3/h5-8,11H,4,9-10H2,1-3H3,(H,15,16). The van der Waals surface area contributed by atoms with E-state index >= 15 is 0 Å². The number of rotatable bonds is 6. The number of amides is 1. The van der Waals surface area contributed by atoms with Gasteiger partial charge in [-0.1, -0.05) is 19.1 Å². The highest BCUT2D eigenvalue weighted by molar-refractivity contribution is 5.94. The van der Waals surface area contributed by atoms with E-state index in [1.165, 1.54) is 0 Å². The minimum atomic E-state index is -0.0109. The van der Waals surface area contributed by atoms with Crippen molar-refractivity contribution in [3.63, 3.8) is 0 Å². The fourth-order valence-corrected chi connectivity index (χ4v) is 1.36. The molecule has 0 atom stereocenters. The molecule has 1 aromatic carbocycles. The van der Waals surface area contributed by atoms with Crippen LogP contribution >= 0.6 is 0 Å². The first-order valence-corrected chi connectivity index (χ1v) is 6.12. The summed E-state index contributed by atoms with van der Waals surface area (Å²) in [6.45, 7) is 7.36. The summed E-state index contributed by atoms with van der Waals surface area (Å²) >= 11 is 0. The second-order valence-electron chi connectivity index (χ2n) is 4.31. The van der Waals surface area contributed by atoms with Crippen LogP contribution in [0.2, 0.25) is 0 Å². The molecule has 1 rings (SSSR count). The first-order chi connectivity index (χ1) is 8.13. The zero-order valence-electron chi connectivity index (χ0n) is 10.8. The van der Waals surface area contributed by atoms with Crippen LogP contribution in [-0.4, -0.2) is 18.6 Å². The molecule has 3 heteroatoms. The molecule has 0 unspecified atom stereocenters. The summed E-state index contributed by atoms with van der Waals surface area (Å²) in [6.07, 6.45) is 1.18. The number of nitrogens with one attached hydrogen (secondary N) is 1. The molecule has 0 radical (unpaired) electrons. The van der Waals surface area contributed by atoms with Crippen molar-refractivity contribution < 1.29 is 9.53 Å². The summed E-state index contributed by atoms with van der Waals surface area (Å²) in [4.78, 5) is 11.6. The van der Waals surface area contributed by atoms with Crippen molar-refractivity contribution in [1.82, 2.24) is 5.32 Å². The molecule has 0 aliphatic rings. The van der Waals surface area contributed by atoms with Crippen LogP contribution in [0.15, 0.2) is 24.3 Å². The van der Waals surface area contributed by atoms with Crippen LogP contribution in [0.3, 0.4) is 0 Å². The van der Waals surface area contributed by atoms with Gasteiger partial charge in [-0.2, -0.15) is 0 Å². The van der Waals surface area contributed by atoms with Crippen molar-refractivity contribution in [2.75, 3.05) is 6.54 Å². The summed E-state index contributed by atoms with van der Waals surface area (Å²) < 4.78 is 5.49. The van der Waals surface area contributed by atoms with Gasteiger partial charge in [-0.15, -0.1) is 0 Å². The minimum Gasteiger partial charge on any atom is -0.374 e. The van der Waals surface area contributed by atoms with Crippen molar-refractivity contribution in [3.05, 3.63) is 35.4 Å². The van der Waals surface area contributed by atoms with Crippen LogP contribution < -0.4 is 5.32 Å². The highest BCUT2D eigenvalue weighted by Gasteiger charge is 2.04. The Balaban J connectivity index is 2.52. The van der Waals surface area contributed by atoms with Gasteiger partial charge in [-0.05, 0) is 38.0 Å². The normalized spacial score (nSPS) is 10.6. The summed E-state index contributed by atoms with van der Waals surface area (Å²) in [5.41, 5.74) is 1.79. The molecule has 3 nitrogen and oxygen atoms in total. The van der Waals surface area contributed by atoms with Gasteiger partial charge < -0.3 is 10.1 Å². The maximum absolute atomic E-state index is 11.6. The molecule has 1 aromatic rings. The quantitative estimate of drug-likeness (QED) is 0.823. The lowest BCUT2D eigenvalue weighted by Crippen LogP contribution is -2.23. The first-order valence-electron chi connectivity index (χ1n) is 6.12. The summed E-state index contributed by atoms with van der Waals surface area (Å²) in [5, 5.41) is 2.85.